The highest BCUT2D eigenvalue weighted by Crippen LogP contribution is 2.14. The van der Waals surface area contributed by atoms with E-state index in [0.717, 1.165) is 5.56 Å². The number of ether oxygens (including phenoxy) is 2. The molecule has 2 unspecified atom stereocenters. The minimum atomic E-state index is -1.08. The van der Waals surface area contributed by atoms with Crippen LogP contribution >= 0.6 is 0 Å². The minimum Gasteiger partial charge on any atom is -0.508 e. The standard InChI is InChI=1S/C27H28N2O7/c1-35-26(33)24(16-19-9-13-22(31)14-10-19)28-25(32)23(15-18-7-11-21(30)12-8-18)29-27(34)36-17-20-5-3-2-4-6-20/h2-14,23-24,30-31H,15-17H2,1H3,(H,28,32)(H,29,34). The van der Waals surface area contributed by atoms with Crippen molar-refractivity contribution in [3.8, 4) is 11.5 Å². The summed E-state index contributed by atoms with van der Waals surface area (Å²) in [6, 6.07) is 19.4. The fourth-order valence-corrected chi connectivity index (χ4v) is 3.46. The second kappa shape index (κ2) is 12.8. The molecule has 0 fully saturated rings. The van der Waals surface area contributed by atoms with Gasteiger partial charge in [-0.25, -0.2) is 9.59 Å². The van der Waals surface area contributed by atoms with E-state index in [1.54, 1.807) is 36.4 Å². The average Bonchev–Trinajstić information content (AvgIpc) is 2.89. The molecule has 4 N–H and O–H groups in total. The van der Waals surface area contributed by atoms with E-state index in [2.05, 4.69) is 10.6 Å². The molecular formula is C27H28N2O7. The Morgan fingerprint density at radius 3 is 1.78 bits per heavy atom. The molecule has 36 heavy (non-hydrogen) atoms. The van der Waals surface area contributed by atoms with Gasteiger partial charge in [-0.05, 0) is 41.0 Å². The van der Waals surface area contributed by atoms with Crippen molar-refractivity contribution in [3.05, 3.63) is 95.6 Å². The summed E-state index contributed by atoms with van der Waals surface area (Å²) in [7, 11) is 1.21. The number of amides is 2. The van der Waals surface area contributed by atoms with Crippen LogP contribution < -0.4 is 10.6 Å². The number of hydrogen-bond acceptors (Lipinski definition) is 7. The van der Waals surface area contributed by atoms with Crippen LogP contribution in [0.3, 0.4) is 0 Å². The number of benzene rings is 3. The zero-order valence-electron chi connectivity index (χ0n) is 19.7. The van der Waals surface area contributed by atoms with Gasteiger partial charge in [0.05, 0.1) is 7.11 Å². The number of nitrogens with one attached hydrogen (secondary N) is 2. The number of phenolic OH excluding ortho intramolecular Hbond substituents is 2. The van der Waals surface area contributed by atoms with Gasteiger partial charge in [-0.3, -0.25) is 4.79 Å². The van der Waals surface area contributed by atoms with Crippen LogP contribution in [0.2, 0.25) is 0 Å². The van der Waals surface area contributed by atoms with Crippen molar-refractivity contribution in [1.82, 2.24) is 10.6 Å². The van der Waals surface area contributed by atoms with Crippen molar-refractivity contribution < 1.29 is 34.1 Å². The SMILES string of the molecule is COC(=O)C(Cc1ccc(O)cc1)NC(=O)C(Cc1ccc(O)cc1)NC(=O)OCc1ccccc1. The molecule has 9 heteroatoms. The lowest BCUT2D eigenvalue weighted by Gasteiger charge is -2.22. The van der Waals surface area contributed by atoms with Gasteiger partial charge in [-0.1, -0.05) is 54.6 Å². The number of carbonyl (C=O) groups excluding carboxylic acids is 3. The molecule has 0 aromatic heterocycles. The molecule has 3 aromatic rings. The fourth-order valence-electron chi connectivity index (χ4n) is 3.46. The van der Waals surface area contributed by atoms with Crippen LogP contribution in [-0.4, -0.2) is 47.4 Å². The fraction of sp³-hybridized carbons (Fsp3) is 0.222. The Morgan fingerprint density at radius 1 is 0.722 bits per heavy atom. The van der Waals surface area contributed by atoms with Crippen LogP contribution in [-0.2, 0) is 38.5 Å². The van der Waals surface area contributed by atoms with Crippen LogP contribution in [0.4, 0.5) is 4.79 Å². The summed E-state index contributed by atoms with van der Waals surface area (Å²) in [4.78, 5) is 38.1. The summed E-state index contributed by atoms with van der Waals surface area (Å²) in [5.74, 6) is -1.14. The average molecular weight is 493 g/mol. The summed E-state index contributed by atoms with van der Waals surface area (Å²) >= 11 is 0. The highest BCUT2D eigenvalue weighted by molar-refractivity contribution is 5.90. The van der Waals surface area contributed by atoms with Gasteiger partial charge in [0.2, 0.25) is 5.91 Å². The first-order valence-electron chi connectivity index (χ1n) is 11.3. The Kier molecular flexibility index (Phi) is 9.27. The maximum Gasteiger partial charge on any atom is 0.408 e. The van der Waals surface area contributed by atoms with Gasteiger partial charge < -0.3 is 30.3 Å². The molecule has 9 nitrogen and oxygen atoms in total. The van der Waals surface area contributed by atoms with E-state index >= 15 is 0 Å². The zero-order chi connectivity index (χ0) is 25.9. The molecule has 188 valence electrons. The van der Waals surface area contributed by atoms with Crippen molar-refractivity contribution in [2.45, 2.75) is 31.5 Å². The van der Waals surface area contributed by atoms with Crippen molar-refractivity contribution in [2.24, 2.45) is 0 Å². The molecule has 2 atom stereocenters. The number of hydrogen-bond donors (Lipinski definition) is 4. The number of rotatable bonds is 10. The van der Waals surface area contributed by atoms with Crippen molar-refractivity contribution in [3.63, 3.8) is 0 Å². The third-order valence-electron chi connectivity index (χ3n) is 5.38. The number of methoxy groups -OCH3 is 1. The third kappa shape index (κ3) is 8.05. The normalized spacial score (nSPS) is 12.1. The molecule has 3 aromatic carbocycles. The van der Waals surface area contributed by atoms with Crippen molar-refractivity contribution in [1.29, 1.82) is 0 Å². The molecule has 0 aliphatic carbocycles. The maximum atomic E-state index is 13.2. The summed E-state index contributed by atoms with van der Waals surface area (Å²) in [5.41, 5.74) is 2.14. The molecule has 0 aliphatic rings. The summed E-state index contributed by atoms with van der Waals surface area (Å²) in [6.45, 7) is 0.0197. The topological polar surface area (TPSA) is 134 Å². The summed E-state index contributed by atoms with van der Waals surface area (Å²) < 4.78 is 10.1. The molecule has 0 radical (unpaired) electrons. The Labute approximate surface area is 208 Å². The Morgan fingerprint density at radius 2 is 1.25 bits per heavy atom. The number of aromatic hydroxyl groups is 2. The first kappa shape index (κ1) is 26.1. The predicted molar refractivity (Wildman–Crippen MR) is 131 cm³/mol. The Bertz CT molecular complexity index is 1150. The van der Waals surface area contributed by atoms with E-state index in [4.69, 9.17) is 9.47 Å². The highest BCUT2D eigenvalue weighted by Gasteiger charge is 2.28. The molecule has 3 rings (SSSR count). The minimum absolute atomic E-state index is 0.0197. The monoisotopic (exact) mass is 492 g/mol. The number of carbonyl (C=O) groups is 3. The lowest BCUT2D eigenvalue weighted by atomic mass is 10.0. The van der Waals surface area contributed by atoms with Gasteiger partial charge in [-0.2, -0.15) is 0 Å². The first-order chi connectivity index (χ1) is 17.3. The first-order valence-corrected chi connectivity index (χ1v) is 11.3. The van der Waals surface area contributed by atoms with Gasteiger partial charge in [0.1, 0.15) is 30.2 Å². The van der Waals surface area contributed by atoms with E-state index < -0.39 is 30.1 Å². The third-order valence-corrected chi connectivity index (χ3v) is 5.38. The van der Waals surface area contributed by atoms with Crippen LogP contribution in [0.15, 0.2) is 78.9 Å². The van der Waals surface area contributed by atoms with Gasteiger partial charge in [0.25, 0.3) is 0 Å². The molecule has 0 saturated carbocycles. The number of alkyl carbamates (subject to hydrolysis) is 1. The second-order valence-electron chi connectivity index (χ2n) is 8.08. The molecule has 0 bridgehead atoms. The molecule has 0 spiro atoms. The van der Waals surface area contributed by atoms with E-state index in [1.165, 1.54) is 31.4 Å². The lowest BCUT2D eigenvalue weighted by Crippen LogP contribution is -2.53. The van der Waals surface area contributed by atoms with E-state index in [0.29, 0.717) is 11.1 Å². The Hall–Kier alpha value is -4.53. The van der Waals surface area contributed by atoms with Gasteiger partial charge >= 0.3 is 12.1 Å². The van der Waals surface area contributed by atoms with Crippen molar-refractivity contribution in [2.75, 3.05) is 7.11 Å². The highest BCUT2D eigenvalue weighted by atomic mass is 16.5. The number of esters is 1. The zero-order valence-corrected chi connectivity index (χ0v) is 19.7. The molecule has 0 saturated heterocycles. The van der Waals surface area contributed by atoms with Crippen LogP contribution in [0.1, 0.15) is 16.7 Å². The summed E-state index contributed by atoms with van der Waals surface area (Å²) in [5, 5.41) is 24.3. The van der Waals surface area contributed by atoms with Crippen LogP contribution in [0.25, 0.3) is 0 Å². The molecular weight excluding hydrogens is 464 g/mol. The maximum absolute atomic E-state index is 13.2. The number of phenols is 2. The van der Waals surface area contributed by atoms with E-state index in [-0.39, 0.29) is 30.9 Å². The molecule has 0 aliphatic heterocycles. The second-order valence-corrected chi connectivity index (χ2v) is 8.08. The van der Waals surface area contributed by atoms with Gasteiger partial charge in [0, 0.05) is 12.8 Å². The van der Waals surface area contributed by atoms with Gasteiger partial charge in [-0.15, -0.1) is 0 Å². The van der Waals surface area contributed by atoms with Crippen LogP contribution in [0.5, 0.6) is 11.5 Å². The van der Waals surface area contributed by atoms with E-state index in [9.17, 15) is 24.6 Å². The Balaban J connectivity index is 1.73. The van der Waals surface area contributed by atoms with E-state index in [1.807, 2.05) is 18.2 Å². The largest absolute Gasteiger partial charge is 0.508 e. The predicted octanol–water partition coefficient (Wildman–Crippen LogP) is 2.84. The van der Waals surface area contributed by atoms with Crippen molar-refractivity contribution >= 4 is 18.0 Å². The smallest absolute Gasteiger partial charge is 0.408 e. The van der Waals surface area contributed by atoms with Gasteiger partial charge in [0.15, 0.2) is 0 Å². The quantitative estimate of drug-likeness (QED) is 0.320. The van der Waals surface area contributed by atoms with Crippen LogP contribution in [0, 0.1) is 0 Å². The lowest BCUT2D eigenvalue weighted by molar-refractivity contribution is -0.145. The molecule has 2 amide bonds. The molecule has 0 heterocycles. The summed E-state index contributed by atoms with van der Waals surface area (Å²) in [6.07, 6.45) is -0.603.